The molecule has 0 atom stereocenters. The number of fused-ring (bicyclic) bond motifs is 1. The fourth-order valence-corrected chi connectivity index (χ4v) is 2.69. The van der Waals surface area contributed by atoms with E-state index in [4.69, 9.17) is 14.2 Å². The van der Waals surface area contributed by atoms with Gasteiger partial charge in [-0.2, -0.15) is 0 Å². The molecular weight excluding hydrogens is 294 g/mol. The highest BCUT2D eigenvalue weighted by Gasteiger charge is 2.17. The summed E-state index contributed by atoms with van der Waals surface area (Å²) < 4.78 is 16.0. The van der Waals surface area contributed by atoms with Crippen molar-refractivity contribution in [1.82, 2.24) is 9.88 Å². The summed E-state index contributed by atoms with van der Waals surface area (Å²) in [6.45, 7) is 1.88. The molecule has 0 radical (unpaired) electrons. The van der Waals surface area contributed by atoms with Gasteiger partial charge in [0.2, 0.25) is 6.79 Å². The van der Waals surface area contributed by atoms with E-state index in [1.165, 1.54) is 5.56 Å². The summed E-state index contributed by atoms with van der Waals surface area (Å²) in [5.41, 5.74) is 2.19. The normalized spacial score (nSPS) is 15.3. The molecule has 118 valence electrons. The van der Waals surface area contributed by atoms with Crippen molar-refractivity contribution in [3.05, 3.63) is 54.6 Å². The standard InChI is InChI=1S/C17H17N3O3/c1-21-15-7-14(8-18-9-15)20-5-4-19(11-20)10-13-2-3-16-17(6-13)23-12-22-16/h2-9H,10-12H2,1H3. The molecule has 0 amide bonds. The van der Waals surface area contributed by atoms with Gasteiger partial charge in [0.15, 0.2) is 11.5 Å². The van der Waals surface area contributed by atoms with E-state index < -0.39 is 0 Å². The SMILES string of the molecule is COc1cncc(N2C=CN(Cc3ccc4c(c3)OCO4)C2)c1. The summed E-state index contributed by atoms with van der Waals surface area (Å²) in [5, 5.41) is 0. The molecule has 2 aromatic rings. The molecule has 0 N–H and O–H groups in total. The maximum atomic E-state index is 5.43. The van der Waals surface area contributed by atoms with Gasteiger partial charge in [0, 0.05) is 25.0 Å². The molecule has 4 rings (SSSR count). The highest BCUT2D eigenvalue weighted by Crippen LogP contribution is 2.33. The van der Waals surface area contributed by atoms with E-state index in [1.807, 2.05) is 30.6 Å². The van der Waals surface area contributed by atoms with E-state index >= 15 is 0 Å². The summed E-state index contributed by atoms with van der Waals surface area (Å²) in [5.74, 6) is 2.39. The smallest absolute Gasteiger partial charge is 0.231 e. The van der Waals surface area contributed by atoms with E-state index in [9.17, 15) is 0 Å². The largest absolute Gasteiger partial charge is 0.495 e. The Balaban J connectivity index is 1.43. The van der Waals surface area contributed by atoms with Crippen molar-refractivity contribution in [3.63, 3.8) is 0 Å². The van der Waals surface area contributed by atoms with Crippen molar-refractivity contribution < 1.29 is 14.2 Å². The number of hydrogen-bond donors (Lipinski definition) is 0. The van der Waals surface area contributed by atoms with Gasteiger partial charge in [0.25, 0.3) is 0 Å². The molecule has 1 aromatic heterocycles. The van der Waals surface area contributed by atoms with E-state index in [1.54, 1.807) is 13.3 Å². The number of anilines is 1. The van der Waals surface area contributed by atoms with Gasteiger partial charge in [0.05, 0.1) is 31.9 Å². The lowest BCUT2D eigenvalue weighted by molar-refractivity contribution is 0.174. The Bertz CT molecular complexity index is 748. The third-order valence-electron chi connectivity index (χ3n) is 3.88. The lowest BCUT2D eigenvalue weighted by Crippen LogP contribution is -2.24. The molecule has 6 heteroatoms. The minimum absolute atomic E-state index is 0.305. The van der Waals surface area contributed by atoms with Gasteiger partial charge < -0.3 is 24.0 Å². The fraction of sp³-hybridized carbons (Fsp3) is 0.235. The lowest BCUT2D eigenvalue weighted by Gasteiger charge is -2.21. The molecule has 2 aliphatic heterocycles. The number of aromatic nitrogens is 1. The van der Waals surface area contributed by atoms with Crippen LogP contribution < -0.4 is 19.1 Å². The Morgan fingerprint density at radius 2 is 2.04 bits per heavy atom. The highest BCUT2D eigenvalue weighted by molar-refractivity contribution is 5.51. The molecule has 2 aliphatic rings. The second kappa shape index (κ2) is 5.72. The van der Waals surface area contributed by atoms with Crippen LogP contribution in [0.4, 0.5) is 5.69 Å². The van der Waals surface area contributed by atoms with E-state index in [-0.39, 0.29) is 0 Å². The van der Waals surface area contributed by atoms with Gasteiger partial charge >= 0.3 is 0 Å². The summed E-state index contributed by atoms with van der Waals surface area (Å²) in [4.78, 5) is 8.55. The molecule has 0 fully saturated rings. The monoisotopic (exact) mass is 311 g/mol. The van der Waals surface area contributed by atoms with Gasteiger partial charge in [-0.25, -0.2) is 0 Å². The van der Waals surface area contributed by atoms with E-state index in [0.29, 0.717) is 6.79 Å². The summed E-state index contributed by atoms with van der Waals surface area (Å²) in [7, 11) is 1.65. The van der Waals surface area contributed by atoms with Crippen molar-refractivity contribution in [2.45, 2.75) is 6.54 Å². The first-order valence-corrected chi connectivity index (χ1v) is 7.38. The van der Waals surface area contributed by atoms with Gasteiger partial charge in [-0.05, 0) is 17.7 Å². The zero-order chi connectivity index (χ0) is 15.6. The number of benzene rings is 1. The Labute approximate surface area is 134 Å². The number of pyridine rings is 1. The van der Waals surface area contributed by atoms with Crippen molar-refractivity contribution in [2.24, 2.45) is 0 Å². The topological polar surface area (TPSA) is 47.1 Å². The predicted molar refractivity (Wildman–Crippen MR) is 85.4 cm³/mol. The molecule has 0 saturated heterocycles. The molecular formula is C17H17N3O3. The van der Waals surface area contributed by atoms with Crippen molar-refractivity contribution in [1.29, 1.82) is 0 Å². The van der Waals surface area contributed by atoms with Crippen LogP contribution in [0.15, 0.2) is 49.1 Å². The maximum absolute atomic E-state index is 5.43. The molecule has 3 heterocycles. The Morgan fingerprint density at radius 3 is 2.96 bits per heavy atom. The maximum Gasteiger partial charge on any atom is 0.231 e. The average Bonchev–Trinajstić information content (AvgIpc) is 3.24. The first-order valence-electron chi connectivity index (χ1n) is 7.38. The van der Waals surface area contributed by atoms with Crippen molar-refractivity contribution in [2.75, 3.05) is 25.5 Å². The zero-order valence-electron chi connectivity index (χ0n) is 12.8. The number of nitrogens with zero attached hydrogens (tertiary/aromatic N) is 3. The van der Waals surface area contributed by atoms with Crippen LogP contribution in [0, 0.1) is 0 Å². The summed E-state index contributed by atoms with van der Waals surface area (Å²) in [6, 6.07) is 8.03. The fourth-order valence-electron chi connectivity index (χ4n) is 2.69. The molecule has 0 aliphatic carbocycles. The quantitative estimate of drug-likeness (QED) is 0.865. The lowest BCUT2D eigenvalue weighted by atomic mass is 10.2. The second-order valence-corrected chi connectivity index (χ2v) is 5.43. The highest BCUT2D eigenvalue weighted by atomic mass is 16.7. The Hall–Kier alpha value is -2.89. The Morgan fingerprint density at radius 1 is 1.13 bits per heavy atom. The van der Waals surface area contributed by atoms with E-state index in [2.05, 4.69) is 27.1 Å². The molecule has 0 saturated carbocycles. The van der Waals surface area contributed by atoms with Gasteiger partial charge in [0.1, 0.15) is 5.75 Å². The third-order valence-corrected chi connectivity index (χ3v) is 3.88. The first-order chi connectivity index (χ1) is 11.3. The van der Waals surface area contributed by atoms with E-state index in [0.717, 1.165) is 36.1 Å². The third kappa shape index (κ3) is 2.75. The summed E-state index contributed by atoms with van der Waals surface area (Å²) >= 11 is 0. The predicted octanol–water partition coefficient (Wildman–Crippen LogP) is 2.57. The number of rotatable bonds is 4. The van der Waals surface area contributed by atoms with Gasteiger partial charge in [-0.3, -0.25) is 4.98 Å². The summed E-state index contributed by atoms with van der Waals surface area (Å²) in [6.07, 6.45) is 7.65. The molecule has 0 unspecified atom stereocenters. The molecule has 6 nitrogen and oxygen atoms in total. The number of hydrogen-bond acceptors (Lipinski definition) is 6. The van der Waals surface area contributed by atoms with Crippen LogP contribution in [0.1, 0.15) is 5.56 Å². The number of methoxy groups -OCH3 is 1. The Kier molecular flexibility index (Phi) is 3.42. The minimum Gasteiger partial charge on any atom is -0.495 e. The second-order valence-electron chi connectivity index (χ2n) is 5.43. The minimum atomic E-state index is 0.305. The molecule has 1 aromatic carbocycles. The van der Waals surface area contributed by atoms with Gasteiger partial charge in [-0.15, -0.1) is 0 Å². The van der Waals surface area contributed by atoms with Crippen LogP contribution in [0.5, 0.6) is 17.2 Å². The molecule has 23 heavy (non-hydrogen) atoms. The van der Waals surface area contributed by atoms with Crippen LogP contribution in [-0.2, 0) is 6.54 Å². The zero-order valence-corrected chi connectivity index (χ0v) is 12.8. The molecule has 0 bridgehead atoms. The van der Waals surface area contributed by atoms with Crippen LogP contribution in [0.25, 0.3) is 0 Å². The first kappa shape index (κ1) is 13.8. The van der Waals surface area contributed by atoms with Crippen LogP contribution in [-0.4, -0.2) is 30.5 Å². The van der Waals surface area contributed by atoms with Crippen LogP contribution in [0.3, 0.4) is 0 Å². The van der Waals surface area contributed by atoms with Crippen LogP contribution in [0.2, 0.25) is 0 Å². The molecule has 0 spiro atoms. The average molecular weight is 311 g/mol. The van der Waals surface area contributed by atoms with Gasteiger partial charge in [-0.1, -0.05) is 6.07 Å². The van der Waals surface area contributed by atoms with Crippen LogP contribution >= 0.6 is 0 Å². The number of ether oxygens (including phenoxy) is 3. The van der Waals surface area contributed by atoms with Crippen molar-refractivity contribution in [3.8, 4) is 17.2 Å². The van der Waals surface area contributed by atoms with Crippen molar-refractivity contribution >= 4 is 5.69 Å².